The molecule has 1 aromatic rings. The third-order valence-corrected chi connectivity index (χ3v) is 3.47. The zero-order valence-electron chi connectivity index (χ0n) is 15.4. The lowest BCUT2D eigenvalue weighted by molar-refractivity contribution is 0.0520. The van der Waals surface area contributed by atoms with E-state index in [0.717, 1.165) is 30.8 Å². The van der Waals surface area contributed by atoms with Crippen molar-refractivity contribution in [1.82, 2.24) is 10.6 Å². The number of ether oxygens (including phenoxy) is 1. The molecule has 0 aliphatic rings. The van der Waals surface area contributed by atoms with E-state index in [1.807, 2.05) is 39.8 Å². The molecule has 0 aromatic carbocycles. The van der Waals surface area contributed by atoms with Crippen molar-refractivity contribution in [1.29, 1.82) is 0 Å². The number of unbranched alkanes of at least 4 members (excludes halogenated alkanes) is 1. The smallest absolute Gasteiger partial charge is 0.407 e. The summed E-state index contributed by atoms with van der Waals surface area (Å²) in [7, 11) is 0. The standard InChI is InChI=1S/C18H32N2O3/c1-7-8-9-15(12-19-17(21)23-18(4,5)6)20-14(3)16-11-10-13(2)22-16/h10-11,14-15,20H,7-9,12H2,1-6H3,(H,19,21). The largest absolute Gasteiger partial charge is 0.465 e. The topological polar surface area (TPSA) is 63.5 Å². The number of aryl methyl sites for hydroxylation is 1. The van der Waals surface area contributed by atoms with Crippen LogP contribution in [-0.4, -0.2) is 24.3 Å². The molecule has 2 atom stereocenters. The minimum absolute atomic E-state index is 0.103. The summed E-state index contributed by atoms with van der Waals surface area (Å²) < 4.78 is 11.0. The molecule has 0 saturated carbocycles. The minimum atomic E-state index is -0.477. The number of amides is 1. The lowest BCUT2D eigenvalue weighted by Gasteiger charge is -2.24. The van der Waals surface area contributed by atoms with E-state index in [-0.39, 0.29) is 18.2 Å². The first-order valence-electron chi connectivity index (χ1n) is 8.50. The number of carbonyl (C=O) groups excluding carboxylic acids is 1. The predicted molar refractivity (Wildman–Crippen MR) is 92.5 cm³/mol. The Morgan fingerprint density at radius 2 is 2.04 bits per heavy atom. The highest BCUT2D eigenvalue weighted by Gasteiger charge is 2.19. The molecule has 0 radical (unpaired) electrons. The third-order valence-electron chi connectivity index (χ3n) is 3.47. The Morgan fingerprint density at radius 1 is 1.35 bits per heavy atom. The summed E-state index contributed by atoms with van der Waals surface area (Å²) in [5.74, 6) is 1.83. The maximum Gasteiger partial charge on any atom is 0.407 e. The quantitative estimate of drug-likeness (QED) is 0.747. The van der Waals surface area contributed by atoms with Crippen LogP contribution in [0.3, 0.4) is 0 Å². The van der Waals surface area contributed by atoms with Crippen molar-refractivity contribution >= 4 is 6.09 Å². The Balaban J connectivity index is 2.53. The summed E-state index contributed by atoms with van der Waals surface area (Å²) in [6.07, 6.45) is 2.86. The highest BCUT2D eigenvalue weighted by molar-refractivity contribution is 5.67. The van der Waals surface area contributed by atoms with Crippen LogP contribution in [0.2, 0.25) is 0 Å². The lowest BCUT2D eigenvalue weighted by atomic mass is 10.1. The average molecular weight is 324 g/mol. The zero-order valence-corrected chi connectivity index (χ0v) is 15.4. The van der Waals surface area contributed by atoms with Crippen molar-refractivity contribution in [3.05, 3.63) is 23.7 Å². The number of rotatable bonds is 8. The normalized spacial score (nSPS) is 14.3. The Labute approximate surface area is 140 Å². The molecule has 5 heteroatoms. The minimum Gasteiger partial charge on any atom is -0.465 e. The van der Waals surface area contributed by atoms with Crippen LogP contribution in [0, 0.1) is 6.92 Å². The van der Waals surface area contributed by atoms with Crippen LogP contribution in [0.15, 0.2) is 16.5 Å². The molecule has 1 amide bonds. The van der Waals surface area contributed by atoms with E-state index in [4.69, 9.17) is 9.15 Å². The second-order valence-electron chi connectivity index (χ2n) is 7.06. The van der Waals surface area contributed by atoms with Gasteiger partial charge in [0.25, 0.3) is 0 Å². The van der Waals surface area contributed by atoms with Crippen molar-refractivity contribution < 1.29 is 13.9 Å². The van der Waals surface area contributed by atoms with Crippen molar-refractivity contribution in [2.24, 2.45) is 0 Å². The SMILES string of the molecule is CCCCC(CNC(=O)OC(C)(C)C)NC(C)c1ccc(C)o1. The van der Waals surface area contributed by atoms with E-state index in [1.54, 1.807) is 0 Å². The van der Waals surface area contributed by atoms with Crippen molar-refractivity contribution in [3.8, 4) is 0 Å². The molecule has 0 bridgehead atoms. The fraction of sp³-hybridized carbons (Fsp3) is 0.722. The molecule has 0 spiro atoms. The van der Waals surface area contributed by atoms with Gasteiger partial charge < -0.3 is 19.8 Å². The fourth-order valence-corrected chi connectivity index (χ4v) is 2.34. The van der Waals surface area contributed by atoms with Gasteiger partial charge in [0.1, 0.15) is 17.1 Å². The summed E-state index contributed by atoms with van der Waals surface area (Å²) in [4.78, 5) is 11.8. The van der Waals surface area contributed by atoms with Crippen LogP contribution in [0.25, 0.3) is 0 Å². The first-order valence-corrected chi connectivity index (χ1v) is 8.50. The highest BCUT2D eigenvalue weighted by Crippen LogP contribution is 2.17. The molecule has 0 fully saturated rings. The summed E-state index contributed by atoms with van der Waals surface area (Å²) in [5.41, 5.74) is -0.477. The Morgan fingerprint density at radius 3 is 2.57 bits per heavy atom. The molecular formula is C18H32N2O3. The van der Waals surface area contributed by atoms with Crippen LogP contribution in [0.1, 0.15) is 71.4 Å². The summed E-state index contributed by atoms with van der Waals surface area (Å²) >= 11 is 0. The number of carbonyl (C=O) groups is 1. The summed E-state index contributed by atoms with van der Waals surface area (Å²) in [6, 6.07) is 4.24. The van der Waals surface area contributed by atoms with E-state index in [9.17, 15) is 4.79 Å². The molecule has 2 unspecified atom stereocenters. The van der Waals surface area contributed by atoms with Gasteiger partial charge >= 0.3 is 6.09 Å². The molecule has 0 saturated heterocycles. The number of hydrogen-bond acceptors (Lipinski definition) is 4. The maximum atomic E-state index is 11.8. The second-order valence-corrected chi connectivity index (χ2v) is 7.06. The van der Waals surface area contributed by atoms with Gasteiger partial charge in [0.05, 0.1) is 6.04 Å². The second kappa shape index (κ2) is 8.96. The Kier molecular flexibility index (Phi) is 7.62. The van der Waals surface area contributed by atoms with Gasteiger partial charge in [-0.05, 0) is 53.2 Å². The number of nitrogens with one attached hydrogen (secondary N) is 2. The van der Waals surface area contributed by atoms with Gasteiger partial charge in [-0.2, -0.15) is 0 Å². The van der Waals surface area contributed by atoms with E-state index in [0.29, 0.717) is 6.54 Å². The molecule has 2 N–H and O–H groups in total. The van der Waals surface area contributed by atoms with Gasteiger partial charge in [0.15, 0.2) is 0 Å². The molecule has 0 aliphatic heterocycles. The lowest BCUT2D eigenvalue weighted by Crippen LogP contribution is -2.43. The van der Waals surface area contributed by atoms with E-state index in [1.165, 1.54) is 0 Å². The average Bonchev–Trinajstić information content (AvgIpc) is 2.86. The first kappa shape index (κ1) is 19.6. The molecule has 5 nitrogen and oxygen atoms in total. The van der Waals surface area contributed by atoms with Crippen LogP contribution in [0.4, 0.5) is 4.79 Å². The van der Waals surface area contributed by atoms with Gasteiger partial charge in [-0.15, -0.1) is 0 Å². The number of hydrogen-bond donors (Lipinski definition) is 2. The fourth-order valence-electron chi connectivity index (χ4n) is 2.34. The number of alkyl carbamates (subject to hydrolysis) is 1. The van der Waals surface area contributed by atoms with Gasteiger partial charge in [-0.1, -0.05) is 19.8 Å². The van der Waals surface area contributed by atoms with Crippen LogP contribution < -0.4 is 10.6 Å². The van der Waals surface area contributed by atoms with Gasteiger partial charge in [-0.3, -0.25) is 0 Å². The van der Waals surface area contributed by atoms with E-state index < -0.39 is 5.60 Å². The Bertz CT molecular complexity index is 477. The molecule has 1 rings (SSSR count). The van der Waals surface area contributed by atoms with Crippen molar-refractivity contribution in [3.63, 3.8) is 0 Å². The molecule has 1 heterocycles. The van der Waals surface area contributed by atoms with Crippen LogP contribution >= 0.6 is 0 Å². The molecule has 132 valence electrons. The van der Waals surface area contributed by atoms with Crippen molar-refractivity contribution in [2.75, 3.05) is 6.54 Å². The van der Waals surface area contributed by atoms with E-state index in [2.05, 4.69) is 24.5 Å². The number of furan rings is 1. The van der Waals surface area contributed by atoms with Crippen molar-refractivity contribution in [2.45, 2.75) is 78.5 Å². The van der Waals surface area contributed by atoms with Crippen LogP contribution in [0.5, 0.6) is 0 Å². The third kappa shape index (κ3) is 8.07. The monoisotopic (exact) mass is 324 g/mol. The maximum absolute atomic E-state index is 11.8. The molecule has 1 aromatic heterocycles. The van der Waals surface area contributed by atoms with Gasteiger partial charge in [-0.25, -0.2) is 4.79 Å². The predicted octanol–water partition coefficient (Wildman–Crippen LogP) is 4.32. The van der Waals surface area contributed by atoms with Gasteiger partial charge in [0, 0.05) is 12.6 Å². The first-order chi connectivity index (χ1) is 10.7. The van der Waals surface area contributed by atoms with Crippen LogP contribution in [-0.2, 0) is 4.74 Å². The molecular weight excluding hydrogens is 292 g/mol. The highest BCUT2D eigenvalue weighted by atomic mass is 16.6. The molecule has 23 heavy (non-hydrogen) atoms. The zero-order chi connectivity index (χ0) is 17.5. The van der Waals surface area contributed by atoms with E-state index >= 15 is 0 Å². The Hall–Kier alpha value is -1.49. The summed E-state index contributed by atoms with van der Waals surface area (Å²) in [5, 5.41) is 6.39. The van der Waals surface area contributed by atoms with Gasteiger partial charge in [0.2, 0.25) is 0 Å². The molecule has 0 aliphatic carbocycles. The summed E-state index contributed by atoms with van der Waals surface area (Å²) in [6.45, 7) is 12.3.